The molecule has 1 saturated heterocycles. The zero-order chi connectivity index (χ0) is 23.4. The molecule has 8 nitrogen and oxygen atoms in total. The number of halogens is 1. The van der Waals surface area contributed by atoms with Crippen LogP contribution in [0.3, 0.4) is 0 Å². The number of hydrogen-bond donors (Lipinski definition) is 2. The maximum absolute atomic E-state index is 13.9. The van der Waals surface area contributed by atoms with Crippen LogP contribution >= 0.6 is 0 Å². The lowest BCUT2D eigenvalue weighted by Gasteiger charge is -2.36. The Kier molecular flexibility index (Phi) is 7.57. The molecule has 2 heterocycles. The number of carbonyl (C=O) groups excluding carboxylic acids is 3. The van der Waals surface area contributed by atoms with E-state index in [4.69, 9.17) is 0 Å². The summed E-state index contributed by atoms with van der Waals surface area (Å²) in [4.78, 5) is 43.9. The summed E-state index contributed by atoms with van der Waals surface area (Å²) in [6, 6.07) is 1.97. The summed E-state index contributed by atoms with van der Waals surface area (Å²) in [6.45, 7) is -0.0689. The maximum Gasteiger partial charge on any atom is 0.248 e. The largest absolute Gasteiger partial charge is 0.327 e. The van der Waals surface area contributed by atoms with E-state index >= 15 is 0 Å². The number of hydroxylamine groups is 2. The van der Waals surface area contributed by atoms with E-state index in [0.29, 0.717) is 30.2 Å². The van der Waals surface area contributed by atoms with Crippen LogP contribution in [-0.2, 0) is 14.4 Å². The monoisotopic (exact) mass is 460 g/mol. The van der Waals surface area contributed by atoms with Crippen molar-refractivity contribution in [2.45, 2.75) is 76.3 Å². The molecule has 180 valence electrons. The zero-order valence-corrected chi connectivity index (χ0v) is 18.9. The van der Waals surface area contributed by atoms with Gasteiger partial charge in [0.05, 0.1) is 18.7 Å². The van der Waals surface area contributed by atoms with Gasteiger partial charge in [0.2, 0.25) is 18.2 Å². The summed E-state index contributed by atoms with van der Waals surface area (Å²) in [5, 5.41) is 13.2. The SMILES string of the molecule is O=CN(O)C[C@@H](CC1CCCC1)C(=O)N1[C@H](C(=O)Nc2ccc(F)cn2)C[C@H]2CCCC[C@@H]21. The van der Waals surface area contributed by atoms with Crippen LogP contribution in [0.4, 0.5) is 10.2 Å². The molecular formula is C24H33FN4O4. The Bertz CT molecular complexity index is 845. The molecule has 0 bridgehead atoms. The highest BCUT2D eigenvalue weighted by Crippen LogP contribution is 2.42. The van der Waals surface area contributed by atoms with Crippen molar-refractivity contribution in [3.63, 3.8) is 0 Å². The molecule has 3 fully saturated rings. The normalized spacial score (nSPS) is 26.0. The number of likely N-dealkylation sites (tertiary alicyclic amines) is 1. The number of rotatable bonds is 8. The Morgan fingerprint density at radius 3 is 2.64 bits per heavy atom. The minimum Gasteiger partial charge on any atom is -0.327 e. The molecular weight excluding hydrogens is 427 g/mol. The second-order valence-electron chi connectivity index (χ2n) is 9.77. The average Bonchev–Trinajstić information content (AvgIpc) is 3.47. The van der Waals surface area contributed by atoms with E-state index in [9.17, 15) is 24.0 Å². The van der Waals surface area contributed by atoms with Crippen molar-refractivity contribution in [3.8, 4) is 0 Å². The summed E-state index contributed by atoms with van der Waals surface area (Å²) >= 11 is 0. The van der Waals surface area contributed by atoms with Crippen molar-refractivity contribution in [1.82, 2.24) is 14.9 Å². The first-order chi connectivity index (χ1) is 16.0. The lowest BCUT2D eigenvalue weighted by atomic mass is 9.84. The minimum absolute atomic E-state index is 0.0161. The van der Waals surface area contributed by atoms with Crippen LogP contribution < -0.4 is 5.32 Å². The second-order valence-corrected chi connectivity index (χ2v) is 9.77. The summed E-state index contributed by atoms with van der Waals surface area (Å²) in [6.07, 6.45) is 10.8. The topological polar surface area (TPSA) is 103 Å². The molecule has 3 amide bonds. The third kappa shape index (κ3) is 5.51. The van der Waals surface area contributed by atoms with E-state index in [1.807, 2.05) is 0 Å². The second kappa shape index (κ2) is 10.6. The van der Waals surface area contributed by atoms with Crippen LogP contribution in [-0.4, -0.2) is 57.0 Å². The fourth-order valence-corrected chi connectivity index (χ4v) is 6.05. The number of fused-ring (bicyclic) bond motifs is 1. The first kappa shape index (κ1) is 23.6. The molecule has 1 aromatic rings. The van der Waals surface area contributed by atoms with Gasteiger partial charge in [0.1, 0.15) is 17.7 Å². The van der Waals surface area contributed by atoms with Gasteiger partial charge in [-0.05, 0) is 49.7 Å². The Labute approximate surface area is 193 Å². The molecule has 0 radical (unpaired) electrons. The van der Waals surface area contributed by atoms with Crippen molar-refractivity contribution in [1.29, 1.82) is 0 Å². The standard InChI is InChI=1S/C24H33FN4O4/c25-19-9-10-22(26-13-19)27-23(31)21-12-17-7-3-4-8-20(17)29(21)24(32)18(14-28(33)15-30)11-16-5-1-2-6-16/h9-10,13,15-18,20-21,33H,1-8,11-12,14H2,(H,26,27,31)/t17-,18-,20+,21+/m1/s1. The van der Waals surface area contributed by atoms with Crippen molar-refractivity contribution < 1.29 is 24.0 Å². The number of hydrogen-bond acceptors (Lipinski definition) is 5. The molecule has 1 aliphatic heterocycles. The molecule has 2 aliphatic carbocycles. The van der Waals surface area contributed by atoms with Crippen molar-refractivity contribution in [2.24, 2.45) is 17.8 Å². The summed E-state index contributed by atoms with van der Waals surface area (Å²) in [5.74, 6) is -0.647. The number of nitrogens with one attached hydrogen (secondary N) is 1. The van der Waals surface area contributed by atoms with Gasteiger partial charge in [-0.1, -0.05) is 38.5 Å². The van der Waals surface area contributed by atoms with E-state index in [-0.39, 0.29) is 36.1 Å². The Hall–Kier alpha value is -2.55. The first-order valence-corrected chi connectivity index (χ1v) is 12.1. The highest BCUT2D eigenvalue weighted by molar-refractivity contribution is 5.97. The summed E-state index contributed by atoms with van der Waals surface area (Å²) in [5.41, 5.74) is 0. The highest BCUT2D eigenvalue weighted by atomic mass is 19.1. The molecule has 4 rings (SSSR count). The van der Waals surface area contributed by atoms with Gasteiger partial charge in [-0.25, -0.2) is 14.4 Å². The van der Waals surface area contributed by atoms with E-state index in [1.54, 1.807) is 4.90 Å². The Morgan fingerprint density at radius 1 is 1.21 bits per heavy atom. The molecule has 9 heteroatoms. The van der Waals surface area contributed by atoms with Gasteiger partial charge in [-0.3, -0.25) is 19.6 Å². The molecule has 33 heavy (non-hydrogen) atoms. The summed E-state index contributed by atoms with van der Waals surface area (Å²) in [7, 11) is 0. The third-order valence-electron chi connectivity index (χ3n) is 7.59. The lowest BCUT2D eigenvalue weighted by molar-refractivity contribution is -0.159. The Morgan fingerprint density at radius 2 is 1.94 bits per heavy atom. The number of nitrogens with zero attached hydrogens (tertiary/aromatic N) is 3. The molecule has 0 unspecified atom stereocenters. The van der Waals surface area contributed by atoms with Gasteiger partial charge in [0.15, 0.2) is 0 Å². The van der Waals surface area contributed by atoms with E-state index in [0.717, 1.165) is 57.6 Å². The number of aromatic nitrogens is 1. The molecule has 2 N–H and O–H groups in total. The van der Waals surface area contributed by atoms with Crippen molar-refractivity contribution in [2.75, 3.05) is 11.9 Å². The quantitative estimate of drug-likeness (QED) is 0.352. The van der Waals surface area contributed by atoms with Crippen LogP contribution in [0.5, 0.6) is 0 Å². The molecule has 0 spiro atoms. The van der Waals surface area contributed by atoms with Gasteiger partial charge in [0.25, 0.3) is 0 Å². The minimum atomic E-state index is -0.646. The van der Waals surface area contributed by atoms with Gasteiger partial charge >= 0.3 is 0 Å². The first-order valence-electron chi connectivity index (χ1n) is 12.1. The van der Waals surface area contributed by atoms with E-state index in [2.05, 4.69) is 10.3 Å². The third-order valence-corrected chi connectivity index (χ3v) is 7.59. The van der Waals surface area contributed by atoms with Crippen LogP contribution in [0, 0.1) is 23.6 Å². The molecule has 2 saturated carbocycles. The number of carbonyl (C=O) groups is 3. The molecule has 3 aliphatic rings. The maximum atomic E-state index is 13.9. The smallest absolute Gasteiger partial charge is 0.248 e. The van der Waals surface area contributed by atoms with Crippen LogP contribution in [0.2, 0.25) is 0 Å². The number of amides is 3. The van der Waals surface area contributed by atoms with Crippen LogP contribution in [0.15, 0.2) is 18.3 Å². The van der Waals surface area contributed by atoms with Crippen LogP contribution in [0.1, 0.15) is 64.2 Å². The van der Waals surface area contributed by atoms with Crippen LogP contribution in [0.25, 0.3) is 0 Å². The highest BCUT2D eigenvalue weighted by Gasteiger charge is 2.49. The van der Waals surface area contributed by atoms with Gasteiger partial charge in [-0.2, -0.15) is 0 Å². The van der Waals surface area contributed by atoms with E-state index in [1.165, 1.54) is 12.1 Å². The molecule has 0 aromatic carbocycles. The summed E-state index contributed by atoms with van der Waals surface area (Å²) < 4.78 is 13.2. The average molecular weight is 461 g/mol. The lowest BCUT2D eigenvalue weighted by Crippen LogP contribution is -2.51. The predicted octanol–water partition coefficient (Wildman–Crippen LogP) is 3.36. The van der Waals surface area contributed by atoms with Gasteiger partial charge < -0.3 is 10.2 Å². The Balaban J connectivity index is 1.56. The molecule has 1 aromatic heterocycles. The fourth-order valence-electron chi connectivity index (χ4n) is 6.05. The number of pyridine rings is 1. The zero-order valence-electron chi connectivity index (χ0n) is 18.9. The van der Waals surface area contributed by atoms with E-state index < -0.39 is 17.8 Å². The van der Waals surface area contributed by atoms with Crippen molar-refractivity contribution >= 4 is 24.0 Å². The van der Waals surface area contributed by atoms with Crippen molar-refractivity contribution in [3.05, 3.63) is 24.1 Å². The molecule has 4 atom stereocenters. The van der Waals surface area contributed by atoms with Gasteiger partial charge in [0, 0.05) is 6.04 Å². The predicted molar refractivity (Wildman–Crippen MR) is 118 cm³/mol. The fraction of sp³-hybridized carbons (Fsp3) is 0.667. The van der Waals surface area contributed by atoms with Gasteiger partial charge in [-0.15, -0.1) is 0 Å². The number of anilines is 1.